The van der Waals surface area contributed by atoms with Gasteiger partial charge in [0.2, 0.25) is 0 Å². The van der Waals surface area contributed by atoms with Crippen molar-refractivity contribution in [2.75, 3.05) is 39.5 Å². The summed E-state index contributed by atoms with van der Waals surface area (Å²) in [7, 11) is 0. The van der Waals surface area contributed by atoms with Crippen molar-refractivity contribution in [3.63, 3.8) is 0 Å². The summed E-state index contributed by atoms with van der Waals surface area (Å²) in [5.74, 6) is 0. The molecule has 0 spiro atoms. The largest absolute Gasteiger partial charge is 0.379 e. The summed E-state index contributed by atoms with van der Waals surface area (Å²) in [5.41, 5.74) is 2.36. The molecular formula is C18H31N3O2. The Balaban J connectivity index is 1.36. The molecule has 0 unspecified atom stereocenters. The lowest BCUT2D eigenvalue weighted by atomic mass is 9.95. The first-order chi connectivity index (χ1) is 11.3. The van der Waals surface area contributed by atoms with Crippen molar-refractivity contribution >= 4 is 0 Å². The standard InChI is InChI=1S/C18H31N3O2/c1-16-14-17(19-21(16)18-6-3-2-4-7-18)15-23-11-5-8-20-9-12-22-13-10-20/h14,18H,2-13,15H2,1H3. The summed E-state index contributed by atoms with van der Waals surface area (Å²) >= 11 is 0. The molecule has 5 heteroatoms. The number of nitrogens with zero attached hydrogens (tertiary/aromatic N) is 3. The molecule has 0 radical (unpaired) electrons. The molecule has 1 aliphatic heterocycles. The molecule has 2 aliphatic rings. The van der Waals surface area contributed by atoms with Crippen molar-refractivity contribution in [2.45, 2.75) is 58.1 Å². The zero-order valence-corrected chi connectivity index (χ0v) is 14.5. The normalized spacial score (nSPS) is 20.9. The predicted molar refractivity (Wildman–Crippen MR) is 90.6 cm³/mol. The quantitative estimate of drug-likeness (QED) is 0.724. The summed E-state index contributed by atoms with van der Waals surface area (Å²) in [6.07, 6.45) is 7.72. The Hall–Kier alpha value is -0.910. The lowest BCUT2D eigenvalue weighted by molar-refractivity contribution is 0.0308. The van der Waals surface area contributed by atoms with Crippen molar-refractivity contribution in [1.29, 1.82) is 0 Å². The molecule has 0 N–H and O–H groups in total. The van der Waals surface area contributed by atoms with Crippen LogP contribution in [0.25, 0.3) is 0 Å². The number of hydrogen-bond acceptors (Lipinski definition) is 4. The minimum Gasteiger partial charge on any atom is -0.379 e. The number of hydrogen-bond donors (Lipinski definition) is 0. The Kier molecular flexibility index (Phi) is 6.48. The zero-order chi connectivity index (χ0) is 15.9. The van der Waals surface area contributed by atoms with Gasteiger partial charge in [0.25, 0.3) is 0 Å². The van der Waals surface area contributed by atoms with Gasteiger partial charge in [0.05, 0.1) is 31.6 Å². The Labute approximate surface area is 139 Å². The summed E-state index contributed by atoms with van der Waals surface area (Å²) in [6, 6.07) is 2.80. The van der Waals surface area contributed by atoms with E-state index in [0.717, 1.165) is 51.6 Å². The number of ether oxygens (including phenoxy) is 2. The maximum absolute atomic E-state index is 5.83. The van der Waals surface area contributed by atoms with Gasteiger partial charge >= 0.3 is 0 Å². The fraction of sp³-hybridized carbons (Fsp3) is 0.833. The molecule has 130 valence electrons. The monoisotopic (exact) mass is 321 g/mol. The van der Waals surface area contributed by atoms with Gasteiger partial charge in [0, 0.05) is 31.9 Å². The zero-order valence-electron chi connectivity index (χ0n) is 14.5. The van der Waals surface area contributed by atoms with Gasteiger partial charge in [0.1, 0.15) is 0 Å². The van der Waals surface area contributed by atoms with E-state index in [1.807, 2.05) is 0 Å². The summed E-state index contributed by atoms with van der Waals surface area (Å²) in [5, 5.41) is 4.79. The van der Waals surface area contributed by atoms with Crippen LogP contribution in [0.5, 0.6) is 0 Å². The second-order valence-electron chi connectivity index (χ2n) is 6.87. The molecule has 0 bridgehead atoms. The summed E-state index contributed by atoms with van der Waals surface area (Å²) in [6.45, 7) is 8.60. The third-order valence-corrected chi connectivity index (χ3v) is 5.01. The van der Waals surface area contributed by atoms with Crippen LogP contribution in [0.4, 0.5) is 0 Å². The van der Waals surface area contributed by atoms with Crippen LogP contribution >= 0.6 is 0 Å². The van der Waals surface area contributed by atoms with E-state index in [-0.39, 0.29) is 0 Å². The first-order valence-electron chi connectivity index (χ1n) is 9.26. The van der Waals surface area contributed by atoms with Gasteiger partial charge in [-0.3, -0.25) is 9.58 Å². The van der Waals surface area contributed by atoms with E-state index >= 15 is 0 Å². The van der Waals surface area contributed by atoms with Crippen LogP contribution in [-0.2, 0) is 16.1 Å². The first kappa shape index (κ1) is 16.9. The molecular weight excluding hydrogens is 290 g/mol. The maximum atomic E-state index is 5.83. The average Bonchev–Trinajstić information content (AvgIpc) is 2.97. The van der Waals surface area contributed by atoms with E-state index in [2.05, 4.69) is 22.6 Å². The highest BCUT2D eigenvalue weighted by atomic mass is 16.5. The molecule has 1 aliphatic carbocycles. The molecule has 23 heavy (non-hydrogen) atoms. The lowest BCUT2D eigenvalue weighted by Gasteiger charge is -2.26. The maximum Gasteiger partial charge on any atom is 0.0906 e. The number of morpholine rings is 1. The number of rotatable bonds is 7. The molecule has 2 fully saturated rings. The van der Waals surface area contributed by atoms with Gasteiger partial charge in [-0.05, 0) is 32.3 Å². The van der Waals surface area contributed by atoms with Crippen LogP contribution in [0.3, 0.4) is 0 Å². The molecule has 5 nitrogen and oxygen atoms in total. The number of aryl methyl sites for hydroxylation is 1. The SMILES string of the molecule is Cc1cc(COCCCN2CCOCC2)nn1C1CCCCC1. The molecule has 1 saturated carbocycles. The van der Waals surface area contributed by atoms with Crippen LogP contribution < -0.4 is 0 Å². The smallest absolute Gasteiger partial charge is 0.0906 e. The average molecular weight is 321 g/mol. The minimum absolute atomic E-state index is 0.610. The second-order valence-corrected chi connectivity index (χ2v) is 6.87. The first-order valence-corrected chi connectivity index (χ1v) is 9.26. The molecule has 0 aromatic carbocycles. The molecule has 1 aromatic rings. The molecule has 3 rings (SSSR count). The van der Waals surface area contributed by atoms with Gasteiger partial charge < -0.3 is 9.47 Å². The van der Waals surface area contributed by atoms with Crippen molar-refractivity contribution in [3.8, 4) is 0 Å². The van der Waals surface area contributed by atoms with Gasteiger partial charge in [-0.1, -0.05) is 19.3 Å². The van der Waals surface area contributed by atoms with Crippen molar-refractivity contribution in [1.82, 2.24) is 14.7 Å². The molecule has 0 atom stereocenters. The van der Waals surface area contributed by atoms with E-state index in [1.54, 1.807) is 0 Å². The van der Waals surface area contributed by atoms with Crippen molar-refractivity contribution in [3.05, 3.63) is 17.5 Å². The Morgan fingerprint density at radius 1 is 1.22 bits per heavy atom. The van der Waals surface area contributed by atoms with E-state index in [4.69, 9.17) is 14.6 Å². The van der Waals surface area contributed by atoms with Crippen LogP contribution in [0.2, 0.25) is 0 Å². The second kappa shape index (κ2) is 8.81. The van der Waals surface area contributed by atoms with Gasteiger partial charge in [-0.15, -0.1) is 0 Å². The van der Waals surface area contributed by atoms with Crippen LogP contribution in [-0.4, -0.2) is 54.1 Å². The minimum atomic E-state index is 0.610. The highest BCUT2D eigenvalue weighted by Crippen LogP contribution is 2.28. The molecule has 1 saturated heterocycles. The van der Waals surface area contributed by atoms with Crippen LogP contribution in [0, 0.1) is 6.92 Å². The van der Waals surface area contributed by atoms with Crippen molar-refractivity contribution < 1.29 is 9.47 Å². The van der Waals surface area contributed by atoms with Crippen LogP contribution in [0.1, 0.15) is 56.0 Å². The Morgan fingerprint density at radius 3 is 2.78 bits per heavy atom. The van der Waals surface area contributed by atoms with E-state index in [0.29, 0.717) is 12.6 Å². The fourth-order valence-corrected chi connectivity index (χ4v) is 3.71. The van der Waals surface area contributed by atoms with E-state index in [1.165, 1.54) is 37.8 Å². The third-order valence-electron chi connectivity index (χ3n) is 5.01. The topological polar surface area (TPSA) is 39.5 Å². The van der Waals surface area contributed by atoms with Gasteiger partial charge in [0.15, 0.2) is 0 Å². The molecule has 1 aromatic heterocycles. The molecule has 2 heterocycles. The highest BCUT2D eigenvalue weighted by Gasteiger charge is 2.18. The predicted octanol–water partition coefficient (Wildman–Crippen LogP) is 2.94. The van der Waals surface area contributed by atoms with Gasteiger partial charge in [-0.2, -0.15) is 5.10 Å². The van der Waals surface area contributed by atoms with E-state index in [9.17, 15) is 0 Å². The van der Waals surface area contributed by atoms with E-state index < -0.39 is 0 Å². The summed E-state index contributed by atoms with van der Waals surface area (Å²) in [4.78, 5) is 2.45. The third kappa shape index (κ3) is 5.03. The Morgan fingerprint density at radius 2 is 2.00 bits per heavy atom. The van der Waals surface area contributed by atoms with Crippen molar-refractivity contribution in [2.24, 2.45) is 0 Å². The lowest BCUT2D eigenvalue weighted by Crippen LogP contribution is -2.37. The number of aromatic nitrogens is 2. The summed E-state index contributed by atoms with van der Waals surface area (Å²) < 4.78 is 13.4. The molecule has 0 amide bonds. The fourth-order valence-electron chi connectivity index (χ4n) is 3.71. The van der Waals surface area contributed by atoms with Crippen LogP contribution in [0.15, 0.2) is 6.07 Å². The Bertz CT molecular complexity index is 463. The van der Waals surface area contributed by atoms with Gasteiger partial charge in [-0.25, -0.2) is 0 Å². The highest BCUT2D eigenvalue weighted by molar-refractivity contribution is 5.09.